The Morgan fingerprint density at radius 2 is 2.00 bits per heavy atom. The average Bonchev–Trinajstić information content (AvgIpc) is 2.88. The zero-order valence-electron chi connectivity index (χ0n) is 11.7. The number of sulfonamides is 1. The Morgan fingerprint density at radius 3 is 2.65 bits per heavy atom. The molecule has 0 radical (unpaired) electrons. The minimum atomic E-state index is -3.56. The fourth-order valence-electron chi connectivity index (χ4n) is 2.84. The van der Waals surface area contributed by atoms with E-state index in [4.69, 9.17) is 0 Å². The van der Waals surface area contributed by atoms with Crippen LogP contribution in [-0.2, 0) is 23.5 Å². The van der Waals surface area contributed by atoms with Gasteiger partial charge in [0.1, 0.15) is 4.90 Å². The van der Waals surface area contributed by atoms with Crippen LogP contribution in [-0.4, -0.2) is 24.2 Å². The highest BCUT2D eigenvalue weighted by Crippen LogP contribution is 2.36. The Labute approximate surface area is 118 Å². The summed E-state index contributed by atoms with van der Waals surface area (Å²) in [5.74, 6) is 0. The van der Waals surface area contributed by atoms with Crippen LogP contribution in [0.4, 0.5) is 5.69 Å². The van der Waals surface area contributed by atoms with E-state index in [0.29, 0.717) is 5.69 Å². The Kier molecular flexibility index (Phi) is 2.86. The second-order valence-corrected chi connectivity index (χ2v) is 7.02. The van der Waals surface area contributed by atoms with Gasteiger partial charge in [-0.25, -0.2) is 8.42 Å². The van der Waals surface area contributed by atoms with Gasteiger partial charge in [0.15, 0.2) is 0 Å². The number of para-hydroxylation sites is 1. The molecule has 0 amide bonds. The fourth-order valence-corrected chi connectivity index (χ4v) is 4.74. The van der Waals surface area contributed by atoms with Crippen LogP contribution >= 0.6 is 0 Å². The van der Waals surface area contributed by atoms with Gasteiger partial charge in [-0.2, -0.15) is 5.10 Å². The normalized spacial score (nSPS) is 18.4. The van der Waals surface area contributed by atoms with Crippen molar-refractivity contribution < 1.29 is 8.42 Å². The molecule has 2 aromatic rings. The Morgan fingerprint density at radius 1 is 1.30 bits per heavy atom. The van der Waals surface area contributed by atoms with Crippen molar-refractivity contribution in [2.45, 2.75) is 31.2 Å². The molecule has 0 spiro atoms. The fraction of sp³-hybridized carbons (Fsp3) is 0.357. The lowest BCUT2D eigenvalue weighted by atomic mass is 10.1. The summed E-state index contributed by atoms with van der Waals surface area (Å²) in [7, 11) is -1.83. The molecule has 0 aliphatic carbocycles. The summed E-state index contributed by atoms with van der Waals surface area (Å²) in [6.45, 7) is 3.66. The summed E-state index contributed by atoms with van der Waals surface area (Å²) in [6, 6.07) is 7.59. The number of anilines is 1. The third-order valence-electron chi connectivity index (χ3n) is 3.65. The number of hydrogen-bond donors (Lipinski definition) is 0. The Bertz CT molecular complexity index is 764. The molecule has 1 aliphatic heterocycles. The van der Waals surface area contributed by atoms with E-state index >= 15 is 0 Å². The topological polar surface area (TPSA) is 55.2 Å². The molecule has 1 aliphatic rings. The summed E-state index contributed by atoms with van der Waals surface area (Å²) >= 11 is 0. The number of rotatable bonds is 2. The molecule has 1 atom stereocenters. The third kappa shape index (κ3) is 1.83. The number of nitrogens with zero attached hydrogens (tertiary/aromatic N) is 3. The van der Waals surface area contributed by atoms with Crippen LogP contribution < -0.4 is 4.31 Å². The van der Waals surface area contributed by atoms with Gasteiger partial charge in [-0.1, -0.05) is 18.2 Å². The van der Waals surface area contributed by atoms with E-state index in [9.17, 15) is 8.42 Å². The predicted octanol–water partition coefficient (Wildman–Crippen LogP) is 1.87. The van der Waals surface area contributed by atoms with Gasteiger partial charge in [0.2, 0.25) is 0 Å². The third-order valence-corrected chi connectivity index (χ3v) is 5.68. The van der Waals surface area contributed by atoms with E-state index in [1.807, 2.05) is 31.2 Å². The largest absolute Gasteiger partial charge is 0.274 e. The highest BCUT2D eigenvalue weighted by molar-refractivity contribution is 7.93. The Balaban J connectivity index is 2.15. The van der Waals surface area contributed by atoms with E-state index in [2.05, 4.69) is 5.10 Å². The van der Waals surface area contributed by atoms with Crippen LogP contribution in [0, 0.1) is 6.92 Å². The molecule has 0 saturated heterocycles. The van der Waals surface area contributed by atoms with Crippen LogP contribution in [0.25, 0.3) is 0 Å². The van der Waals surface area contributed by atoms with Crippen LogP contribution in [0.2, 0.25) is 0 Å². The quantitative estimate of drug-likeness (QED) is 0.848. The van der Waals surface area contributed by atoms with Gasteiger partial charge in [0.25, 0.3) is 10.0 Å². The summed E-state index contributed by atoms with van der Waals surface area (Å²) in [6.07, 6.45) is 2.31. The molecule has 20 heavy (non-hydrogen) atoms. The number of fused-ring (bicyclic) bond motifs is 1. The monoisotopic (exact) mass is 291 g/mol. The summed E-state index contributed by atoms with van der Waals surface area (Å²) in [5.41, 5.74) is 2.39. The highest BCUT2D eigenvalue weighted by Gasteiger charge is 2.37. The molecule has 2 heterocycles. The minimum Gasteiger partial charge on any atom is -0.274 e. The second-order valence-electron chi connectivity index (χ2n) is 5.24. The molecule has 106 valence electrons. The minimum absolute atomic E-state index is 0.0722. The van der Waals surface area contributed by atoms with Gasteiger partial charge < -0.3 is 0 Å². The molecule has 0 bridgehead atoms. The van der Waals surface area contributed by atoms with Gasteiger partial charge in [0, 0.05) is 19.3 Å². The molecule has 6 heteroatoms. The predicted molar refractivity (Wildman–Crippen MR) is 77.2 cm³/mol. The van der Waals surface area contributed by atoms with Crippen LogP contribution in [0.1, 0.15) is 18.2 Å². The lowest BCUT2D eigenvalue weighted by Crippen LogP contribution is -2.35. The van der Waals surface area contributed by atoms with Crippen molar-refractivity contribution in [2.24, 2.45) is 7.05 Å². The summed E-state index contributed by atoms with van der Waals surface area (Å²) in [5, 5.41) is 4.14. The molecule has 1 aromatic carbocycles. The first kappa shape index (κ1) is 13.2. The van der Waals surface area contributed by atoms with Crippen molar-refractivity contribution in [3.05, 3.63) is 41.7 Å². The van der Waals surface area contributed by atoms with Crippen molar-refractivity contribution in [3.8, 4) is 0 Å². The van der Waals surface area contributed by atoms with Gasteiger partial charge in [0.05, 0.1) is 11.4 Å². The number of aryl methyl sites for hydroxylation is 2. The van der Waals surface area contributed by atoms with Crippen LogP contribution in [0.15, 0.2) is 35.4 Å². The second kappa shape index (κ2) is 4.34. The summed E-state index contributed by atoms with van der Waals surface area (Å²) < 4.78 is 28.9. The van der Waals surface area contributed by atoms with Gasteiger partial charge >= 0.3 is 0 Å². The molecular weight excluding hydrogens is 274 g/mol. The molecule has 1 unspecified atom stereocenters. The van der Waals surface area contributed by atoms with Crippen LogP contribution in [0.3, 0.4) is 0 Å². The SMILES string of the molecule is Cc1nn(C)cc1S(=O)(=O)N1c2ccccc2CC1C. The molecule has 0 saturated carbocycles. The first-order valence-electron chi connectivity index (χ1n) is 6.54. The maximum Gasteiger partial charge on any atom is 0.267 e. The van der Waals surface area contributed by atoms with E-state index in [1.165, 1.54) is 8.99 Å². The highest BCUT2D eigenvalue weighted by atomic mass is 32.2. The first-order chi connectivity index (χ1) is 9.41. The first-order valence-corrected chi connectivity index (χ1v) is 7.98. The maximum atomic E-state index is 12.9. The van der Waals surface area contributed by atoms with E-state index in [0.717, 1.165) is 17.7 Å². The molecule has 0 N–H and O–H groups in total. The van der Waals surface area contributed by atoms with Gasteiger partial charge in [-0.05, 0) is 31.9 Å². The lowest BCUT2D eigenvalue weighted by molar-refractivity contribution is 0.583. The zero-order valence-corrected chi connectivity index (χ0v) is 12.6. The number of benzene rings is 1. The van der Waals surface area contributed by atoms with E-state index in [-0.39, 0.29) is 10.9 Å². The van der Waals surface area contributed by atoms with Crippen molar-refractivity contribution >= 4 is 15.7 Å². The molecule has 0 fully saturated rings. The number of hydrogen-bond acceptors (Lipinski definition) is 3. The zero-order chi connectivity index (χ0) is 14.5. The molecular formula is C14H17N3O2S. The van der Waals surface area contributed by atoms with Gasteiger partial charge in [-0.3, -0.25) is 8.99 Å². The van der Waals surface area contributed by atoms with Crippen molar-refractivity contribution in [2.75, 3.05) is 4.31 Å². The smallest absolute Gasteiger partial charge is 0.267 e. The van der Waals surface area contributed by atoms with E-state index < -0.39 is 10.0 Å². The molecule has 3 rings (SSSR count). The maximum absolute atomic E-state index is 12.9. The standard InChI is InChI=1S/C14H17N3O2S/c1-10-8-12-6-4-5-7-13(12)17(10)20(18,19)14-9-16(3)15-11(14)2/h4-7,9-10H,8H2,1-3H3. The lowest BCUT2D eigenvalue weighted by Gasteiger charge is -2.24. The number of aromatic nitrogens is 2. The van der Waals surface area contributed by atoms with Crippen molar-refractivity contribution in [1.82, 2.24) is 9.78 Å². The van der Waals surface area contributed by atoms with Gasteiger partial charge in [-0.15, -0.1) is 0 Å². The average molecular weight is 291 g/mol. The van der Waals surface area contributed by atoms with Crippen molar-refractivity contribution in [1.29, 1.82) is 0 Å². The molecule has 1 aromatic heterocycles. The van der Waals surface area contributed by atoms with Crippen LogP contribution in [0.5, 0.6) is 0 Å². The molecule has 5 nitrogen and oxygen atoms in total. The van der Waals surface area contributed by atoms with Crippen molar-refractivity contribution in [3.63, 3.8) is 0 Å². The Hall–Kier alpha value is -1.82. The summed E-state index contributed by atoms with van der Waals surface area (Å²) in [4.78, 5) is 0.281. The van der Waals surface area contributed by atoms with E-state index in [1.54, 1.807) is 20.2 Å².